The van der Waals surface area contributed by atoms with Gasteiger partial charge in [-0.1, -0.05) is 27.0 Å². The number of nitrogens with one attached hydrogen (secondary N) is 1. The number of piperidine rings is 2. The summed E-state index contributed by atoms with van der Waals surface area (Å²) >= 11 is 0. The predicted molar refractivity (Wildman–Crippen MR) is 199 cm³/mol. The van der Waals surface area contributed by atoms with E-state index in [9.17, 15) is 4.79 Å². The number of halogens is 1. The third kappa shape index (κ3) is 9.14. The second-order valence-corrected chi connectivity index (χ2v) is 13.0. The summed E-state index contributed by atoms with van der Waals surface area (Å²) in [7, 11) is 0. The highest BCUT2D eigenvalue weighted by Crippen LogP contribution is 2.34. The van der Waals surface area contributed by atoms with Gasteiger partial charge in [-0.2, -0.15) is 10.2 Å². The molecule has 0 saturated carbocycles. The van der Waals surface area contributed by atoms with Gasteiger partial charge in [-0.3, -0.25) is 9.36 Å². The van der Waals surface area contributed by atoms with Gasteiger partial charge in [-0.15, -0.1) is 12.4 Å². The highest BCUT2D eigenvalue weighted by molar-refractivity contribution is 5.87. The molecule has 48 heavy (non-hydrogen) atoms. The molecule has 268 valence electrons. The molecule has 0 atom stereocenters. The molecule has 0 radical (unpaired) electrons. The fourth-order valence-corrected chi connectivity index (χ4v) is 6.33. The highest BCUT2D eigenvalue weighted by Gasteiger charge is 2.29. The number of aryl methyl sites for hydroxylation is 2. The van der Waals surface area contributed by atoms with Crippen LogP contribution in [0.5, 0.6) is 11.5 Å². The minimum atomic E-state index is -0.459. The maximum Gasteiger partial charge on any atom is 0.410 e. The van der Waals surface area contributed by atoms with Gasteiger partial charge in [0.25, 0.3) is 0 Å². The lowest BCUT2D eigenvalue weighted by Crippen LogP contribution is -2.42. The van der Waals surface area contributed by atoms with Gasteiger partial charge in [0.05, 0.1) is 59.5 Å². The second-order valence-electron chi connectivity index (χ2n) is 13.0. The van der Waals surface area contributed by atoms with Crippen LogP contribution in [0.2, 0.25) is 0 Å². The summed E-state index contributed by atoms with van der Waals surface area (Å²) in [6.45, 7) is 18.7. The van der Waals surface area contributed by atoms with Gasteiger partial charge in [0.2, 0.25) is 0 Å². The van der Waals surface area contributed by atoms with E-state index in [1.807, 2.05) is 47.0 Å². The summed E-state index contributed by atoms with van der Waals surface area (Å²) in [5.41, 5.74) is 4.13. The maximum absolute atomic E-state index is 12.2. The lowest BCUT2D eigenvalue weighted by molar-refractivity contribution is 0.0186. The molecule has 1 amide bonds. The van der Waals surface area contributed by atoms with Crippen LogP contribution in [-0.2, 0) is 4.74 Å². The van der Waals surface area contributed by atoms with E-state index in [1.165, 1.54) is 11.1 Å². The molecule has 6 rings (SSSR count). The molecular weight excluding hydrogens is 628 g/mol. The minimum Gasteiger partial charge on any atom is -0.493 e. The number of hydrogen-bond acceptors (Lipinski definition) is 7. The average Bonchev–Trinajstić information content (AvgIpc) is 3.65. The SMILES string of the molecule is C.C.CCOc1c(C)ccc2c1cnn2C1CCN(C(=O)OC(C)(C)C)CC1.CCOc1c(C)ccc2c1cnn2C1CCNCC1.Cl. The first kappa shape index (κ1) is 40.7. The number of amides is 1. The number of hydrogen-bond donors (Lipinski definition) is 1. The number of benzene rings is 2. The zero-order valence-corrected chi connectivity index (χ0v) is 29.3. The molecule has 2 saturated heterocycles. The topological polar surface area (TPSA) is 95.7 Å². The monoisotopic (exact) mass is 686 g/mol. The molecule has 0 bridgehead atoms. The van der Waals surface area contributed by atoms with Crippen LogP contribution in [-0.4, -0.2) is 75.5 Å². The standard InChI is InChI=1S/C20H29N3O3.C15H21N3O.2CH4.ClH/c1-6-25-18-14(2)7-8-17-16(18)13-21-23(17)15-9-11-22(12-10-15)19(24)26-20(3,4)5;1-3-19-15-11(2)4-5-14-13(15)10-17-18(14)12-6-8-16-9-7-12;;;/h7-8,13,15H,6,9-12H2,1-5H3;4-5,10,12,16H,3,6-9H2,1-2H3;2*1H4;1H. The van der Waals surface area contributed by atoms with E-state index in [4.69, 9.17) is 14.2 Å². The number of aromatic nitrogens is 4. The van der Waals surface area contributed by atoms with Gasteiger partial charge < -0.3 is 24.4 Å². The Morgan fingerprint density at radius 3 is 1.65 bits per heavy atom. The van der Waals surface area contributed by atoms with Gasteiger partial charge in [-0.05, 0) is 110 Å². The van der Waals surface area contributed by atoms with Gasteiger partial charge in [0, 0.05) is 13.1 Å². The molecule has 11 heteroatoms. The second kappa shape index (κ2) is 17.8. The summed E-state index contributed by atoms with van der Waals surface area (Å²) in [4.78, 5) is 14.0. The first-order valence-electron chi connectivity index (χ1n) is 16.5. The van der Waals surface area contributed by atoms with Crippen LogP contribution in [0.3, 0.4) is 0 Å². The van der Waals surface area contributed by atoms with Crippen LogP contribution < -0.4 is 14.8 Å². The van der Waals surface area contributed by atoms with Gasteiger partial charge >= 0.3 is 6.09 Å². The van der Waals surface area contributed by atoms with Crippen LogP contribution in [0.4, 0.5) is 4.79 Å². The zero-order chi connectivity index (χ0) is 32.1. The molecule has 2 fully saturated rings. The number of fused-ring (bicyclic) bond motifs is 2. The molecule has 4 aromatic rings. The van der Waals surface area contributed by atoms with Crippen molar-refractivity contribution in [3.8, 4) is 11.5 Å². The van der Waals surface area contributed by atoms with Crippen LogP contribution in [0.15, 0.2) is 36.7 Å². The van der Waals surface area contributed by atoms with E-state index < -0.39 is 5.60 Å². The first-order valence-corrected chi connectivity index (χ1v) is 16.5. The van der Waals surface area contributed by atoms with E-state index in [1.54, 1.807) is 4.90 Å². The average molecular weight is 687 g/mol. The number of carbonyl (C=O) groups excluding carboxylic acids is 1. The number of likely N-dealkylation sites (tertiary alicyclic amines) is 1. The molecule has 1 N–H and O–H groups in total. The molecule has 0 aliphatic carbocycles. The summed E-state index contributed by atoms with van der Waals surface area (Å²) < 4.78 is 21.4. The molecule has 0 spiro atoms. The lowest BCUT2D eigenvalue weighted by Gasteiger charge is -2.33. The Kier molecular flexibility index (Phi) is 15.1. The molecule has 2 aliphatic rings. The predicted octanol–water partition coefficient (Wildman–Crippen LogP) is 8.68. The molecular formula is C37H59ClN6O4. The molecule has 0 unspecified atom stereocenters. The Labute approximate surface area is 293 Å². The largest absolute Gasteiger partial charge is 0.493 e. The van der Waals surface area contributed by atoms with Crippen molar-refractivity contribution in [2.45, 2.75) is 107 Å². The molecule has 2 aromatic heterocycles. The van der Waals surface area contributed by atoms with E-state index in [0.29, 0.717) is 32.3 Å². The quantitative estimate of drug-likeness (QED) is 0.217. The fraction of sp³-hybridized carbons (Fsp3) is 0.595. The lowest BCUT2D eigenvalue weighted by atomic mass is 10.0. The van der Waals surface area contributed by atoms with Crippen LogP contribution in [0.1, 0.15) is 98.4 Å². The van der Waals surface area contributed by atoms with Crippen molar-refractivity contribution in [1.29, 1.82) is 0 Å². The molecule has 4 heterocycles. The smallest absolute Gasteiger partial charge is 0.410 e. The Hall–Kier alpha value is -3.50. The number of ether oxygens (including phenoxy) is 3. The Morgan fingerprint density at radius 1 is 0.792 bits per heavy atom. The van der Waals surface area contributed by atoms with Crippen LogP contribution in [0.25, 0.3) is 21.8 Å². The Morgan fingerprint density at radius 2 is 1.23 bits per heavy atom. The summed E-state index contributed by atoms with van der Waals surface area (Å²) in [6, 6.07) is 9.29. The fourth-order valence-electron chi connectivity index (χ4n) is 6.33. The van der Waals surface area contributed by atoms with Gasteiger partial charge in [-0.25, -0.2) is 4.79 Å². The number of carbonyl (C=O) groups is 1. The van der Waals surface area contributed by atoms with Crippen LogP contribution >= 0.6 is 12.4 Å². The van der Waals surface area contributed by atoms with Gasteiger partial charge in [0.15, 0.2) is 0 Å². The van der Waals surface area contributed by atoms with E-state index in [-0.39, 0.29) is 39.4 Å². The summed E-state index contributed by atoms with van der Waals surface area (Å²) in [6.07, 6.45) is 7.66. The maximum atomic E-state index is 12.2. The molecule has 2 aliphatic heterocycles. The van der Waals surface area contributed by atoms with Crippen molar-refractivity contribution in [3.05, 3.63) is 47.8 Å². The third-order valence-electron chi connectivity index (χ3n) is 8.55. The van der Waals surface area contributed by atoms with Crippen LogP contribution in [0, 0.1) is 13.8 Å². The Balaban J connectivity index is 0.000000326. The molecule has 10 nitrogen and oxygen atoms in total. The van der Waals surface area contributed by atoms with Gasteiger partial charge in [0.1, 0.15) is 17.1 Å². The van der Waals surface area contributed by atoms with E-state index in [0.717, 1.165) is 72.1 Å². The van der Waals surface area contributed by atoms with Crippen molar-refractivity contribution in [3.63, 3.8) is 0 Å². The van der Waals surface area contributed by atoms with Crippen molar-refractivity contribution in [2.75, 3.05) is 39.4 Å². The van der Waals surface area contributed by atoms with E-state index >= 15 is 0 Å². The first-order chi connectivity index (χ1) is 21.6. The minimum absolute atomic E-state index is 0. The van der Waals surface area contributed by atoms with Crippen molar-refractivity contribution >= 4 is 40.3 Å². The summed E-state index contributed by atoms with van der Waals surface area (Å²) in [5, 5.41) is 14.8. The number of nitrogens with zero attached hydrogens (tertiary/aromatic N) is 5. The third-order valence-corrected chi connectivity index (χ3v) is 8.55. The normalized spacial score (nSPS) is 15.4. The van der Waals surface area contributed by atoms with Crippen molar-refractivity contribution in [1.82, 2.24) is 29.8 Å². The van der Waals surface area contributed by atoms with E-state index in [2.05, 4.69) is 63.0 Å². The highest BCUT2D eigenvalue weighted by atomic mass is 35.5. The zero-order valence-electron chi connectivity index (χ0n) is 28.5. The summed E-state index contributed by atoms with van der Waals surface area (Å²) in [5.74, 6) is 1.91. The number of rotatable bonds is 6. The van der Waals surface area contributed by atoms with Crippen molar-refractivity contribution < 1.29 is 19.0 Å². The Bertz CT molecular complexity index is 1600. The molecule has 2 aromatic carbocycles. The van der Waals surface area contributed by atoms with Crippen molar-refractivity contribution in [2.24, 2.45) is 0 Å².